The number of hydrogen-bond donors (Lipinski definition) is 1. The summed E-state index contributed by atoms with van der Waals surface area (Å²) in [5.74, 6) is 0.845. The minimum absolute atomic E-state index is 0.205. The van der Waals surface area contributed by atoms with Gasteiger partial charge in [-0.05, 0) is 24.1 Å². The molecule has 82 valence electrons. The van der Waals surface area contributed by atoms with E-state index in [1.807, 2.05) is 24.3 Å². The van der Waals surface area contributed by atoms with Crippen molar-refractivity contribution in [2.24, 2.45) is 0 Å². The topological polar surface area (TPSA) is 29.5 Å². The third-order valence-electron chi connectivity index (χ3n) is 2.22. The molecule has 0 saturated heterocycles. The van der Waals surface area contributed by atoms with Gasteiger partial charge in [0.05, 0.1) is 7.11 Å². The Hall–Kier alpha value is -1.16. The average Bonchev–Trinajstić information content (AvgIpc) is 2.26. The molecule has 0 bridgehead atoms. The van der Waals surface area contributed by atoms with E-state index in [-0.39, 0.29) is 5.24 Å². The van der Waals surface area contributed by atoms with E-state index < -0.39 is 0 Å². The Kier molecular flexibility index (Phi) is 4.49. The molecule has 0 saturated carbocycles. The number of hydrogen-bond acceptors (Lipinski definition) is 2. The van der Waals surface area contributed by atoms with Crippen LogP contribution in [0.4, 0.5) is 4.79 Å². The molecular weight excluding hydrogens is 210 g/mol. The third-order valence-corrected chi connectivity index (χ3v) is 2.56. The maximum atomic E-state index is 10.8. The molecule has 0 aromatic heterocycles. The normalized spacial score (nSPS) is 9.80. The number of carbonyl (C=O) groups is 1. The summed E-state index contributed by atoms with van der Waals surface area (Å²) in [6.45, 7) is 0.675. The Morgan fingerprint density at radius 2 is 2.00 bits per heavy atom. The first-order chi connectivity index (χ1) is 7.13. The minimum atomic E-state index is -0.205. The summed E-state index contributed by atoms with van der Waals surface area (Å²) in [7, 11) is 3.38. The Bertz CT molecular complexity index is 324. The summed E-state index contributed by atoms with van der Waals surface area (Å²) >= 11 is 3.74. The van der Waals surface area contributed by atoms with Crippen LogP contribution in [0, 0.1) is 0 Å². The number of likely N-dealkylation sites (N-methyl/N-ethyl adjacent to an activating group) is 1. The molecule has 3 nitrogen and oxygen atoms in total. The fourth-order valence-electron chi connectivity index (χ4n) is 1.18. The molecular formula is C11H15NO2S. The van der Waals surface area contributed by atoms with Crippen LogP contribution in [-0.2, 0) is 6.42 Å². The molecule has 1 rings (SSSR count). The summed E-state index contributed by atoms with van der Waals surface area (Å²) in [4.78, 5) is 12.4. The number of nitrogens with zero attached hydrogens (tertiary/aromatic N) is 1. The zero-order chi connectivity index (χ0) is 11.3. The van der Waals surface area contributed by atoms with E-state index in [0.29, 0.717) is 6.54 Å². The second-order valence-electron chi connectivity index (χ2n) is 3.30. The van der Waals surface area contributed by atoms with E-state index in [9.17, 15) is 4.79 Å². The first-order valence-corrected chi connectivity index (χ1v) is 5.15. The standard InChI is InChI=1S/C11H15NO2S/c1-12(11(13)15)8-7-9-3-5-10(14-2)6-4-9/h3-6H,7-8H2,1-2H3,(H,13,15). The van der Waals surface area contributed by atoms with E-state index in [4.69, 9.17) is 4.74 Å². The number of thiol groups is 1. The molecule has 1 aromatic rings. The van der Waals surface area contributed by atoms with E-state index in [1.54, 1.807) is 19.1 Å². The van der Waals surface area contributed by atoms with Crippen molar-refractivity contribution in [1.29, 1.82) is 0 Å². The predicted octanol–water partition coefficient (Wildman–Crippen LogP) is 2.22. The highest BCUT2D eigenvalue weighted by atomic mass is 32.1. The molecule has 0 radical (unpaired) electrons. The molecule has 15 heavy (non-hydrogen) atoms. The second kappa shape index (κ2) is 5.66. The van der Waals surface area contributed by atoms with Gasteiger partial charge in [0.15, 0.2) is 0 Å². The second-order valence-corrected chi connectivity index (χ2v) is 3.68. The minimum Gasteiger partial charge on any atom is -0.497 e. The molecule has 0 aliphatic heterocycles. The molecule has 0 fully saturated rings. The fourth-order valence-corrected chi connectivity index (χ4v) is 1.28. The number of benzene rings is 1. The van der Waals surface area contributed by atoms with Crippen LogP contribution < -0.4 is 4.74 Å². The number of carbonyl (C=O) groups excluding carboxylic acids is 1. The predicted molar refractivity (Wildman–Crippen MR) is 63.7 cm³/mol. The van der Waals surface area contributed by atoms with Crippen LogP contribution in [0.5, 0.6) is 5.75 Å². The van der Waals surface area contributed by atoms with Gasteiger partial charge in [-0.15, -0.1) is 0 Å². The van der Waals surface area contributed by atoms with Crippen molar-refractivity contribution in [2.75, 3.05) is 20.7 Å². The van der Waals surface area contributed by atoms with Crippen molar-refractivity contribution in [2.45, 2.75) is 6.42 Å². The molecule has 0 aliphatic rings. The lowest BCUT2D eigenvalue weighted by atomic mass is 10.1. The largest absolute Gasteiger partial charge is 0.497 e. The van der Waals surface area contributed by atoms with Crippen molar-refractivity contribution >= 4 is 17.9 Å². The van der Waals surface area contributed by atoms with Crippen LogP contribution in [-0.4, -0.2) is 30.8 Å². The highest BCUT2D eigenvalue weighted by molar-refractivity contribution is 7.96. The zero-order valence-electron chi connectivity index (χ0n) is 8.93. The summed E-state index contributed by atoms with van der Waals surface area (Å²) in [6, 6.07) is 7.82. The van der Waals surface area contributed by atoms with Crippen molar-refractivity contribution in [1.82, 2.24) is 4.90 Å². The number of methoxy groups -OCH3 is 1. The van der Waals surface area contributed by atoms with E-state index in [0.717, 1.165) is 12.2 Å². The summed E-state index contributed by atoms with van der Waals surface area (Å²) in [5, 5.41) is -0.205. The van der Waals surface area contributed by atoms with Gasteiger partial charge in [0.2, 0.25) is 0 Å². The lowest BCUT2D eigenvalue weighted by Crippen LogP contribution is -2.23. The summed E-state index contributed by atoms with van der Waals surface area (Å²) < 4.78 is 5.06. The highest BCUT2D eigenvalue weighted by Gasteiger charge is 2.02. The Labute approximate surface area is 95.4 Å². The molecule has 1 amide bonds. The molecule has 0 unspecified atom stereocenters. The van der Waals surface area contributed by atoms with Crippen LogP contribution in [0.3, 0.4) is 0 Å². The average molecular weight is 225 g/mol. The quantitative estimate of drug-likeness (QED) is 0.796. The van der Waals surface area contributed by atoms with Gasteiger partial charge in [-0.3, -0.25) is 4.79 Å². The maximum absolute atomic E-state index is 10.8. The molecule has 1 aromatic carbocycles. The lowest BCUT2D eigenvalue weighted by Gasteiger charge is -2.13. The van der Waals surface area contributed by atoms with Gasteiger partial charge < -0.3 is 9.64 Å². The van der Waals surface area contributed by atoms with E-state index in [1.165, 1.54) is 5.56 Å². The number of rotatable bonds is 4. The fraction of sp³-hybridized carbons (Fsp3) is 0.364. The van der Waals surface area contributed by atoms with Gasteiger partial charge in [-0.25, -0.2) is 0 Å². The zero-order valence-corrected chi connectivity index (χ0v) is 9.83. The van der Waals surface area contributed by atoms with Gasteiger partial charge in [0, 0.05) is 13.6 Å². The van der Waals surface area contributed by atoms with Gasteiger partial charge in [-0.2, -0.15) is 0 Å². The molecule has 0 spiro atoms. The van der Waals surface area contributed by atoms with Crippen molar-refractivity contribution in [3.63, 3.8) is 0 Å². The maximum Gasteiger partial charge on any atom is 0.278 e. The summed E-state index contributed by atoms with van der Waals surface area (Å²) in [6.07, 6.45) is 0.826. The van der Waals surface area contributed by atoms with Gasteiger partial charge >= 0.3 is 0 Å². The highest BCUT2D eigenvalue weighted by Crippen LogP contribution is 2.11. The van der Waals surface area contributed by atoms with Crippen LogP contribution in [0.25, 0.3) is 0 Å². The van der Waals surface area contributed by atoms with Crippen molar-refractivity contribution < 1.29 is 9.53 Å². The Morgan fingerprint density at radius 3 is 2.47 bits per heavy atom. The SMILES string of the molecule is COc1ccc(CCN(C)C(=O)S)cc1. The van der Waals surface area contributed by atoms with Crippen molar-refractivity contribution in [3.05, 3.63) is 29.8 Å². The van der Waals surface area contributed by atoms with Gasteiger partial charge in [0.25, 0.3) is 5.24 Å². The van der Waals surface area contributed by atoms with Crippen molar-refractivity contribution in [3.8, 4) is 5.75 Å². The van der Waals surface area contributed by atoms with Crippen LogP contribution in [0.2, 0.25) is 0 Å². The van der Waals surface area contributed by atoms with Crippen LogP contribution in [0.1, 0.15) is 5.56 Å². The first kappa shape index (κ1) is 11.9. The molecule has 0 atom stereocenters. The number of amides is 1. The van der Waals surface area contributed by atoms with Crippen LogP contribution >= 0.6 is 12.6 Å². The number of ether oxygens (including phenoxy) is 1. The smallest absolute Gasteiger partial charge is 0.278 e. The molecule has 0 heterocycles. The monoisotopic (exact) mass is 225 g/mol. The van der Waals surface area contributed by atoms with E-state index >= 15 is 0 Å². The molecule has 4 heteroatoms. The molecule has 0 N–H and O–H groups in total. The third kappa shape index (κ3) is 3.83. The summed E-state index contributed by atoms with van der Waals surface area (Å²) in [5.41, 5.74) is 1.18. The molecule has 0 aliphatic carbocycles. The van der Waals surface area contributed by atoms with Gasteiger partial charge in [0.1, 0.15) is 5.75 Å². The van der Waals surface area contributed by atoms with Crippen LogP contribution in [0.15, 0.2) is 24.3 Å². The van der Waals surface area contributed by atoms with Gasteiger partial charge in [-0.1, -0.05) is 24.8 Å². The van der Waals surface area contributed by atoms with E-state index in [2.05, 4.69) is 12.6 Å². The Morgan fingerprint density at radius 1 is 1.40 bits per heavy atom. The first-order valence-electron chi connectivity index (χ1n) is 4.70. The Balaban J connectivity index is 2.47. The lowest BCUT2D eigenvalue weighted by molar-refractivity contribution is 0.234.